The number of alkyl halides is 1. The Bertz CT molecular complexity index is 211. The van der Waals surface area contributed by atoms with Gasteiger partial charge in [0.1, 0.15) is 11.6 Å². The molecule has 2 N–H and O–H groups in total. The standard InChI is InChI=1S/C10H20FNO2/c1-7(11)10(6-12,8(13)14-5)9(2,3)4/h7H,6,12H2,1-5H3. The lowest BCUT2D eigenvalue weighted by Gasteiger charge is -2.42. The van der Waals surface area contributed by atoms with Gasteiger partial charge < -0.3 is 10.5 Å². The van der Waals surface area contributed by atoms with Gasteiger partial charge in [0.2, 0.25) is 0 Å². The summed E-state index contributed by atoms with van der Waals surface area (Å²) in [5, 5.41) is 0. The van der Waals surface area contributed by atoms with E-state index in [9.17, 15) is 9.18 Å². The van der Waals surface area contributed by atoms with Crippen LogP contribution in [0.5, 0.6) is 0 Å². The zero-order chi connectivity index (χ0) is 11.6. The lowest BCUT2D eigenvalue weighted by Crippen LogP contribution is -2.54. The van der Waals surface area contributed by atoms with Gasteiger partial charge >= 0.3 is 5.97 Å². The lowest BCUT2D eigenvalue weighted by molar-refractivity contribution is -0.165. The number of hydrogen-bond donors (Lipinski definition) is 1. The predicted molar refractivity (Wildman–Crippen MR) is 53.5 cm³/mol. The first-order valence-electron chi connectivity index (χ1n) is 4.66. The van der Waals surface area contributed by atoms with Gasteiger partial charge in [-0.2, -0.15) is 0 Å². The molecule has 0 fully saturated rings. The first-order chi connectivity index (χ1) is 6.24. The van der Waals surface area contributed by atoms with E-state index < -0.39 is 23.0 Å². The topological polar surface area (TPSA) is 52.3 Å². The van der Waals surface area contributed by atoms with Gasteiger partial charge in [-0.3, -0.25) is 4.79 Å². The molecule has 84 valence electrons. The molecule has 0 aliphatic carbocycles. The van der Waals surface area contributed by atoms with Crippen molar-refractivity contribution in [3.05, 3.63) is 0 Å². The number of nitrogens with two attached hydrogens (primary N) is 1. The van der Waals surface area contributed by atoms with Gasteiger partial charge in [-0.1, -0.05) is 20.8 Å². The third-order valence-corrected chi connectivity index (χ3v) is 2.89. The minimum Gasteiger partial charge on any atom is -0.468 e. The van der Waals surface area contributed by atoms with Crippen molar-refractivity contribution < 1.29 is 13.9 Å². The first kappa shape index (κ1) is 13.4. The Labute approximate surface area is 84.8 Å². The number of esters is 1. The van der Waals surface area contributed by atoms with Gasteiger partial charge in [0, 0.05) is 6.54 Å². The molecule has 0 saturated carbocycles. The van der Waals surface area contributed by atoms with Crippen LogP contribution in [0, 0.1) is 10.8 Å². The maximum Gasteiger partial charge on any atom is 0.316 e. The van der Waals surface area contributed by atoms with Crippen LogP contribution in [0.4, 0.5) is 4.39 Å². The van der Waals surface area contributed by atoms with E-state index in [1.54, 1.807) is 20.8 Å². The average molecular weight is 205 g/mol. The summed E-state index contributed by atoms with van der Waals surface area (Å²) in [6.07, 6.45) is -1.33. The zero-order valence-electron chi connectivity index (χ0n) is 9.56. The lowest BCUT2D eigenvalue weighted by atomic mass is 9.64. The summed E-state index contributed by atoms with van der Waals surface area (Å²) >= 11 is 0. The van der Waals surface area contributed by atoms with Crippen molar-refractivity contribution in [2.24, 2.45) is 16.6 Å². The van der Waals surface area contributed by atoms with E-state index in [2.05, 4.69) is 4.74 Å². The third kappa shape index (κ3) is 1.90. The van der Waals surface area contributed by atoms with Crippen LogP contribution in [0.1, 0.15) is 27.7 Å². The van der Waals surface area contributed by atoms with Gasteiger partial charge in [0.25, 0.3) is 0 Å². The van der Waals surface area contributed by atoms with Gasteiger partial charge in [0.05, 0.1) is 7.11 Å². The summed E-state index contributed by atoms with van der Waals surface area (Å²) in [6.45, 7) is 6.64. The molecule has 0 aliphatic heterocycles. The second-order valence-electron chi connectivity index (χ2n) is 4.53. The molecule has 0 aromatic rings. The second-order valence-corrected chi connectivity index (χ2v) is 4.53. The number of rotatable bonds is 3. The molecule has 0 bridgehead atoms. The Morgan fingerprint density at radius 1 is 1.50 bits per heavy atom. The van der Waals surface area contributed by atoms with Gasteiger partial charge in [-0.05, 0) is 12.3 Å². The SMILES string of the molecule is COC(=O)C(CN)(C(C)F)C(C)(C)C. The highest BCUT2D eigenvalue weighted by Crippen LogP contribution is 2.43. The predicted octanol–water partition coefficient (Wildman–Crippen LogP) is 1.51. The first-order valence-corrected chi connectivity index (χ1v) is 4.66. The fourth-order valence-electron chi connectivity index (χ4n) is 1.80. The smallest absolute Gasteiger partial charge is 0.316 e. The number of halogens is 1. The molecule has 0 aliphatic rings. The minimum atomic E-state index is -1.33. The van der Waals surface area contributed by atoms with Crippen LogP contribution in [0.2, 0.25) is 0 Å². The van der Waals surface area contributed by atoms with Gasteiger partial charge in [-0.25, -0.2) is 4.39 Å². The maximum atomic E-state index is 13.6. The van der Waals surface area contributed by atoms with E-state index in [1.807, 2.05) is 0 Å². The molecule has 0 spiro atoms. The van der Waals surface area contributed by atoms with Crippen LogP contribution in [0.3, 0.4) is 0 Å². The van der Waals surface area contributed by atoms with Crippen molar-refractivity contribution in [1.82, 2.24) is 0 Å². The highest BCUT2D eigenvalue weighted by molar-refractivity contribution is 5.78. The van der Waals surface area contributed by atoms with Crippen molar-refractivity contribution in [3.8, 4) is 0 Å². The molecule has 0 radical (unpaired) electrons. The number of methoxy groups -OCH3 is 1. The maximum absolute atomic E-state index is 13.6. The summed E-state index contributed by atoms with van der Waals surface area (Å²) in [7, 11) is 1.25. The molecular formula is C10H20FNO2. The number of hydrogen-bond acceptors (Lipinski definition) is 3. The van der Waals surface area contributed by atoms with E-state index in [4.69, 9.17) is 5.73 Å². The largest absolute Gasteiger partial charge is 0.468 e. The summed E-state index contributed by atoms with van der Waals surface area (Å²) in [6, 6.07) is 0. The number of carbonyl (C=O) groups is 1. The number of carbonyl (C=O) groups excluding carboxylic acids is 1. The van der Waals surface area contributed by atoms with Crippen molar-refractivity contribution >= 4 is 5.97 Å². The number of ether oxygens (including phenoxy) is 1. The van der Waals surface area contributed by atoms with Gasteiger partial charge in [0.15, 0.2) is 0 Å². The van der Waals surface area contributed by atoms with Crippen molar-refractivity contribution in [1.29, 1.82) is 0 Å². The van der Waals surface area contributed by atoms with Crippen LogP contribution < -0.4 is 5.73 Å². The molecule has 0 saturated heterocycles. The fraction of sp³-hybridized carbons (Fsp3) is 0.900. The van der Waals surface area contributed by atoms with Crippen LogP contribution >= 0.6 is 0 Å². The van der Waals surface area contributed by atoms with Gasteiger partial charge in [-0.15, -0.1) is 0 Å². The molecule has 0 rings (SSSR count). The Morgan fingerprint density at radius 3 is 2.00 bits per heavy atom. The van der Waals surface area contributed by atoms with E-state index in [0.717, 1.165) is 0 Å². The summed E-state index contributed by atoms with van der Waals surface area (Å²) in [4.78, 5) is 11.6. The molecule has 2 atom stereocenters. The summed E-state index contributed by atoms with van der Waals surface area (Å²) < 4.78 is 18.2. The van der Waals surface area contributed by atoms with Crippen LogP contribution in [0.25, 0.3) is 0 Å². The molecule has 0 heterocycles. The third-order valence-electron chi connectivity index (χ3n) is 2.89. The molecule has 4 heteroatoms. The average Bonchev–Trinajstić information content (AvgIpc) is 2.02. The van der Waals surface area contributed by atoms with Crippen molar-refractivity contribution in [3.63, 3.8) is 0 Å². The normalized spacial score (nSPS) is 18.5. The molecule has 2 unspecified atom stereocenters. The Kier molecular flexibility index (Phi) is 4.06. The summed E-state index contributed by atoms with van der Waals surface area (Å²) in [5.74, 6) is -0.581. The minimum absolute atomic E-state index is 0.0547. The molecular weight excluding hydrogens is 185 g/mol. The van der Waals surface area contributed by atoms with Crippen LogP contribution in [0.15, 0.2) is 0 Å². The highest BCUT2D eigenvalue weighted by atomic mass is 19.1. The fourth-order valence-corrected chi connectivity index (χ4v) is 1.80. The van der Waals surface area contributed by atoms with E-state index in [-0.39, 0.29) is 6.54 Å². The Morgan fingerprint density at radius 2 is 1.93 bits per heavy atom. The van der Waals surface area contributed by atoms with Crippen LogP contribution in [-0.4, -0.2) is 25.8 Å². The second kappa shape index (κ2) is 4.26. The quantitative estimate of drug-likeness (QED) is 0.710. The molecule has 0 aromatic heterocycles. The van der Waals surface area contributed by atoms with E-state index >= 15 is 0 Å². The molecule has 3 nitrogen and oxygen atoms in total. The zero-order valence-corrected chi connectivity index (χ0v) is 9.56. The summed E-state index contributed by atoms with van der Waals surface area (Å²) in [5.41, 5.74) is 3.70. The molecule has 14 heavy (non-hydrogen) atoms. The Hall–Kier alpha value is -0.640. The van der Waals surface area contributed by atoms with E-state index in [1.165, 1.54) is 14.0 Å². The van der Waals surface area contributed by atoms with Crippen LogP contribution in [-0.2, 0) is 9.53 Å². The highest BCUT2D eigenvalue weighted by Gasteiger charge is 2.53. The monoisotopic (exact) mass is 205 g/mol. The molecule has 0 amide bonds. The molecule has 0 aromatic carbocycles. The van der Waals surface area contributed by atoms with E-state index in [0.29, 0.717) is 0 Å². The van der Waals surface area contributed by atoms with Crippen molar-refractivity contribution in [2.75, 3.05) is 13.7 Å². The van der Waals surface area contributed by atoms with Crippen molar-refractivity contribution in [2.45, 2.75) is 33.9 Å². The Balaban J connectivity index is 5.32.